The fourth-order valence-corrected chi connectivity index (χ4v) is 3.15. The molecule has 124 valence electrons. The summed E-state index contributed by atoms with van der Waals surface area (Å²) in [4.78, 5) is 28.2. The SMILES string of the molecule is O=C(CC1CCN(C(=O)c2ccc(F)cc2)C1)N1CCOCC1. The van der Waals surface area contributed by atoms with Gasteiger partial charge in [-0.1, -0.05) is 0 Å². The number of carbonyl (C=O) groups excluding carboxylic acids is 2. The molecular formula is C17H21FN2O3. The van der Waals surface area contributed by atoms with E-state index >= 15 is 0 Å². The molecule has 2 aliphatic heterocycles. The summed E-state index contributed by atoms with van der Waals surface area (Å²) in [6, 6.07) is 5.60. The van der Waals surface area contributed by atoms with Gasteiger partial charge in [0, 0.05) is 38.2 Å². The zero-order chi connectivity index (χ0) is 16.2. The highest BCUT2D eigenvalue weighted by atomic mass is 19.1. The first-order valence-corrected chi connectivity index (χ1v) is 8.04. The number of likely N-dealkylation sites (tertiary alicyclic amines) is 1. The molecule has 5 nitrogen and oxygen atoms in total. The number of hydrogen-bond donors (Lipinski definition) is 0. The Labute approximate surface area is 135 Å². The summed E-state index contributed by atoms with van der Waals surface area (Å²) in [5.74, 6) is -0.0904. The van der Waals surface area contributed by atoms with E-state index in [1.165, 1.54) is 24.3 Å². The van der Waals surface area contributed by atoms with E-state index in [1.54, 1.807) is 4.90 Å². The lowest BCUT2D eigenvalue weighted by Gasteiger charge is -2.27. The highest BCUT2D eigenvalue weighted by Crippen LogP contribution is 2.22. The lowest BCUT2D eigenvalue weighted by molar-refractivity contribution is -0.136. The fourth-order valence-electron chi connectivity index (χ4n) is 3.15. The van der Waals surface area contributed by atoms with Crippen molar-refractivity contribution in [1.29, 1.82) is 0 Å². The van der Waals surface area contributed by atoms with Crippen LogP contribution in [0.1, 0.15) is 23.2 Å². The van der Waals surface area contributed by atoms with E-state index in [0.717, 1.165) is 6.42 Å². The lowest BCUT2D eigenvalue weighted by atomic mass is 10.0. The molecule has 0 radical (unpaired) electrons. The maximum atomic E-state index is 12.9. The Balaban J connectivity index is 1.52. The largest absolute Gasteiger partial charge is 0.378 e. The third kappa shape index (κ3) is 3.88. The normalized spacial score (nSPS) is 21.5. The van der Waals surface area contributed by atoms with Crippen LogP contribution in [-0.2, 0) is 9.53 Å². The zero-order valence-electron chi connectivity index (χ0n) is 13.0. The van der Waals surface area contributed by atoms with Gasteiger partial charge in [0.05, 0.1) is 13.2 Å². The number of halogens is 1. The molecule has 2 saturated heterocycles. The maximum Gasteiger partial charge on any atom is 0.253 e. The Kier molecular flexibility index (Phi) is 4.91. The van der Waals surface area contributed by atoms with Gasteiger partial charge in [-0.15, -0.1) is 0 Å². The van der Waals surface area contributed by atoms with Crippen LogP contribution in [0.2, 0.25) is 0 Å². The van der Waals surface area contributed by atoms with Gasteiger partial charge < -0.3 is 14.5 Å². The number of ether oxygens (including phenoxy) is 1. The van der Waals surface area contributed by atoms with Crippen LogP contribution >= 0.6 is 0 Å². The number of amides is 2. The van der Waals surface area contributed by atoms with Gasteiger partial charge in [-0.2, -0.15) is 0 Å². The van der Waals surface area contributed by atoms with Crippen LogP contribution < -0.4 is 0 Å². The molecule has 6 heteroatoms. The molecule has 0 aromatic heterocycles. The summed E-state index contributed by atoms with van der Waals surface area (Å²) >= 11 is 0. The van der Waals surface area contributed by atoms with Crippen molar-refractivity contribution in [2.45, 2.75) is 12.8 Å². The van der Waals surface area contributed by atoms with Crippen molar-refractivity contribution in [2.24, 2.45) is 5.92 Å². The predicted octanol–water partition coefficient (Wildman–Crippen LogP) is 1.54. The van der Waals surface area contributed by atoms with E-state index < -0.39 is 0 Å². The molecule has 0 N–H and O–H groups in total. The molecule has 2 fully saturated rings. The first-order valence-electron chi connectivity index (χ1n) is 8.04. The smallest absolute Gasteiger partial charge is 0.253 e. The first kappa shape index (κ1) is 15.9. The Hall–Kier alpha value is -1.95. The second-order valence-corrected chi connectivity index (χ2v) is 6.11. The third-order valence-electron chi connectivity index (χ3n) is 4.49. The van der Waals surface area contributed by atoms with Crippen LogP contribution in [0, 0.1) is 11.7 Å². The number of carbonyl (C=O) groups is 2. The molecule has 0 spiro atoms. The van der Waals surface area contributed by atoms with Gasteiger partial charge in [0.1, 0.15) is 5.82 Å². The Morgan fingerprint density at radius 3 is 2.48 bits per heavy atom. The molecular weight excluding hydrogens is 299 g/mol. The summed E-state index contributed by atoms with van der Waals surface area (Å²) in [6.07, 6.45) is 1.32. The molecule has 1 aromatic rings. The molecule has 0 aliphatic carbocycles. The Morgan fingerprint density at radius 1 is 1.09 bits per heavy atom. The van der Waals surface area contributed by atoms with Crippen LogP contribution in [0.4, 0.5) is 4.39 Å². The van der Waals surface area contributed by atoms with Crippen LogP contribution in [0.5, 0.6) is 0 Å². The van der Waals surface area contributed by atoms with E-state index in [4.69, 9.17) is 4.74 Å². The minimum atomic E-state index is -0.350. The maximum absolute atomic E-state index is 12.9. The molecule has 0 bridgehead atoms. The molecule has 1 unspecified atom stereocenters. The second-order valence-electron chi connectivity index (χ2n) is 6.11. The minimum Gasteiger partial charge on any atom is -0.378 e. The molecule has 3 rings (SSSR count). The molecule has 2 aliphatic rings. The highest BCUT2D eigenvalue weighted by molar-refractivity contribution is 5.94. The average molecular weight is 320 g/mol. The minimum absolute atomic E-state index is 0.0914. The number of benzene rings is 1. The standard InChI is InChI=1S/C17H21FN2O3/c18-15-3-1-14(2-4-15)17(22)20-6-5-13(12-20)11-16(21)19-7-9-23-10-8-19/h1-4,13H,5-12H2. The zero-order valence-corrected chi connectivity index (χ0v) is 13.0. The summed E-state index contributed by atoms with van der Waals surface area (Å²) in [5.41, 5.74) is 0.492. The molecule has 1 aromatic carbocycles. The number of hydrogen-bond acceptors (Lipinski definition) is 3. The van der Waals surface area contributed by atoms with Gasteiger partial charge in [-0.25, -0.2) is 4.39 Å². The van der Waals surface area contributed by atoms with Crippen molar-refractivity contribution >= 4 is 11.8 Å². The van der Waals surface area contributed by atoms with Crippen molar-refractivity contribution in [3.05, 3.63) is 35.6 Å². The van der Waals surface area contributed by atoms with Crippen molar-refractivity contribution < 1.29 is 18.7 Å². The van der Waals surface area contributed by atoms with Crippen molar-refractivity contribution in [3.63, 3.8) is 0 Å². The third-order valence-corrected chi connectivity index (χ3v) is 4.49. The van der Waals surface area contributed by atoms with Gasteiger partial charge in [-0.05, 0) is 36.6 Å². The molecule has 23 heavy (non-hydrogen) atoms. The van der Waals surface area contributed by atoms with E-state index in [2.05, 4.69) is 0 Å². The van der Waals surface area contributed by atoms with Gasteiger partial charge in [-0.3, -0.25) is 9.59 Å². The van der Waals surface area contributed by atoms with Crippen LogP contribution in [0.3, 0.4) is 0 Å². The van der Waals surface area contributed by atoms with E-state index in [-0.39, 0.29) is 23.5 Å². The lowest BCUT2D eigenvalue weighted by Crippen LogP contribution is -2.41. The summed E-state index contributed by atoms with van der Waals surface area (Å²) in [6.45, 7) is 3.76. The second kappa shape index (κ2) is 7.08. The molecule has 2 amide bonds. The quantitative estimate of drug-likeness (QED) is 0.849. The average Bonchev–Trinajstić information content (AvgIpc) is 3.04. The van der Waals surface area contributed by atoms with Crippen molar-refractivity contribution in [2.75, 3.05) is 39.4 Å². The first-order chi connectivity index (χ1) is 11.1. The molecule has 0 saturated carbocycles. The van der Waals surface area contributed by atoms with Crippen LogP contribution in [0.25, 0.3) is 0 Å². The van der Waals surface area contributed by atoms with Gasteiger partial charge in [0.2, 0.25) is 5.91 Å². The van der Waals surface area contributed by atoms with Crippen molar-refractivity contribution in [1.82, 2.24) is 9.80 Å². The monoisotopic (exact) mass is 320 g/mol. The van der Waals surface area contributed by atoms with Crippen LogP contribution in [-0.4, -0.2) is 61.0 Å². The summed E-state index contributed by atoms with van der Waals surface area (Å²) in [5, 5.41) is 0. The summed E-state index contributed by atoms with van der Waals surface area (Å²) in [7, 11) is 0. The fraction of sp³-hybridized carbons (Fsp3) is 0.529. The van der Waals surface area contributed by atoms with Gasteiger partial charge in [0.25, 0.3) is 5.91 Å². The number of rotatable bonds is 3. The van der Waals surface area contributed by atoms with E-state index in [1.807, 2.05) is 4.90 Å². The van der Waals surface area contributed by atoms with Crippen molar-refractivity contribution in [3.8, 4) is 0 Å². The van der Waals surface area contributed by atoms with Gasteiger partial charge in [0.15, 0.2) is 0 Å². The highest BCUT2D eigenvalue weighted by Gasteiger charge is 2.30. The predicted molar refractivity (Wildman–Crippen MR) is 82.4 cm³/mol. The molecule has 2 heterocycles. The van der Waals surface area contributed by atoms with Crippen LogP contribution in [0.15, 0.2) is 24.3 Å². The number of morpholine rings is 1. The van der Waals surface area contributed by atoms with E-state index in [0.29, 0.717) is 51.4 Å². The number of nitrogens with zero attached hydrogens (tertiary/aromatic N) is 2. The Bertz CT molecular complexity index is 570. The van der Waals surface area contributed by atoms with Gasteiger partial charge >= 0.3 is 0 Å². The van der Waals surface area contributed by atoms with E-state index in [9.17, 15) is 14.0 Å². The Morgan fingerprint density at radius 2 is 1.78 bits per heavy atom. The molecule has 1 atom stereocenters. The summed E-state index contributed by atoms with van der Waals surface area (Å²) < 4.78 is 18.2. The topological polar surface area (TPSA) is 49.9 Å².